The third-order valence-corrected chi connectivity index (χ3v) is 3.71. The highest BCUT2D eigenvalue weighted by Gasteiger charge is 2.28. The fourth-order valence-electron chi connectivity index (χ4n) is 2.40. The number of amides is 1. The lowest BCUT2D eigenvalue weighted by molar-refractivity contribution is 0.102. The van der Waals surface area contributed by atoms with Gasteiger partial charge in [-0.25, -0.2) is 4.68 Å². The Labute approximate surface area is 127 Å². The van der Waals surface area contributed by atoms with E-state index in [-0.39, 0.29) is 5.91 Å². The second kappa shape index (κ2) is 5.14. The molecule has 2 N–H and O–H groups in total. The van der Waals surface area contributed by atoms with Gasteiger partial charge in [0.2, 0.25) is 0 Å². The van der Waals surface area contributed by atoms with Crippen molar-refractivity contribution in [1.82, 2.24) is 20.0 Å². The van der Waals surface area contributed by atoms with Crippen molar-refractivity contribution in [1.29, 1.82) is 0 Å². The molecular weight excluding hydrogens is 278 g/mol. The standard InChI is InChI=1S/C16H15N5O/c22-16(13-8-9-17-19-13)18-15-10-14(11-6-7-11)20-21(15)12-4-2-1-3-5-12/h1-5,8-11H,6-7H2,(H,17,19)(H,18,22). The van der Waals surface area contributed by atoms with Gasteiger partial charge in [-0.2, -0.15) is 10.2 Å². The molecule has 0 unspecified atom stereocenters. The van der Waals surface area contributed by atoms with Gasteiger partial charge in [-0.05, 0) is 31.0 Å². The van der Waals surface area contributed by atoms with E-state index in [1.54, 1.807) is 16.9 Å². The first-order valence-electron chi connectivity index (χ1n) is 7.27. The van der Waals surface area contributed by atoms with Crippen molar-refractivity contribution >= 4 is 11.7 Å². The van der Waals surface area contributed by atoms with Crippen molar-refractivity contribution < 1.29 is 4.79 Å². The molecule has 0 spiro atoms. The molecule has 110 valence electrons. The normalized spacial score (nSPS) is 14.0. The third kappa shape index (κ3) is 2.39. The van der Waals surface area contributed by atoms with Crippen molar-refractivity contribution in [3.05, 3.63) is 60.0 Å². The highest BCUT2D eigenvalue weighted by molar-refractivity contribution is 6.02. The van der Waals surface area contributed by atoms with Gasteiger partial charge in [-0.3, -0.25) is 9.89 Å². The summed E-state index contributed by atoms with van der Waals surface area (Å²) in [4.78, 5) is 12.2. The number of H-pyrrole nitrogens is 1. The van der Waals surface area contributed by atoms with E-state index in [1.165, 1.54) is 12.8 Å². The van der Waals surface area contributed by atoms with Gasteiger partial charge < -0.3 is 5.32 Å². The van der Waals surface area contributed by atoms with E-state index in [1.807, 2.05) is 36.4 Å². The number of nitrogens with one attached hydrogen (secondary N) is 2. The predicted octanol–water partition coefficient (Wildman–Crippen LogP) is 2.73. The minimum Gasteiger partial charge on any atom is -0.305 e. The summed E-state index contributed by atoms with van der Waals surface area (Å²) < 4.78 is 1.78. The van der Waals surface area contributed by atoms with Gasteiger partial charge in [0.25, 0.3) is 5.91 Å². The van der Waals surface area contributed by atoms with Gasteiger partial charge in [-0.15, -0.1) is 0 Å². The molecule has 0 saturated heterocycles. The molecule has 6 nitrogen and oxygen atoms in total. The molecule has 1 aromatic carbocycles. The summed E-state index contributed by atoms with van der Waals surface area (Å²) in [6.07, 6.45) is 3.89. The van der Waals surface area contributed by atoms with Crippen LogP contribution in [-0.2, 0) is 0 Å². The molecule has 22 heavy (non-hydrogen) atoms. The molecule has 3 aromatic rings. The van der Waals surface area contributed by atoms with Crippen LogP contribution in [0, 0.1) is 0 Å². The Bertz CT molecular complexity index is 787. The highest BCUT2D eigenvalue weighted by Crippen LogP contribution is 2.40. The van der Waals surface area contributed by atoms with E-state index in [4.69, 9.17) is 0 Å². The van der Waals surface area contributed by atoms with Crippen LogP contribution in [-0.4, -0.2) is 25.9 Å². The van der Waals surface area contributed by atoms with Crippen molar-refractivity contribution in [3.63, 3.8) is 0 Å². The smallest absolute Gasteiger partial charge is 0.274 e. The summed E-state index contributed by atoms with van der Waals surface area (Å²) in [6, 6.07) is 13.4. The Morgan fingerprint density at radius 2 is 2.05 bits per heavy atom. The summed E-state index contributed by atoms with van der Waals surface area (Å²) in [7, 11) is 0. The fraction of sp³-hybridized carbons (Fsp3) is 0.188. The topological polar surface area (TPSA) is 75.6 Å². The Kier molecular flexibility index (Phi) is 3.00. The van der Waals surface area contributed by atoms with Crippen LogP contribution in [0.3, 0.4) is 0 Å². The summed E-state index contributed by atoms with van der Waals surface area (Å²) in [5, 5.41) is 14.0. The van der Waals surface area contributed by atoms with E-state index in [9.17, 15) is 4.79 Å². The van der Waals surface area contributed by atoms with Crippen molar-refractivity contribution in [2.24, 2.45) is 0 Å². The number of benzene rings is 1. The maximum absolute atomic E-state index is 12.2. The van der Waals surface area contributed by atoms with Crippen LogP contribution < -0.4 is 5.32 Å². The predicted molar refractivity (Wildman–Crippen MR) is 82.1 cm³/mol. The molecule has 2 aromatic heterocycles. The van der Waals surface area contributed by atoms with Gasteiger partial charge >= 0.3 is 0 Å². The second-order valence-electron chi connectivity index (χ2n) is 5.40. The molecular formula is C16H15N5O. The first kappa shape index (κ1) is 12.8. The van der Waals surface area contributed by atoms with E-state index < -0.39 is 0 Å². The minimum absolute atomic E-state index is 0.225. The first-order chi connectivity index (χ1) is 10.8. The average molecular weight is 293 g/mol. The summed E-state index contributed by atoms with van der Waals surface area (Å²) in [6.45, 7) is 0. The van der Waals surface area contributed by atoms with Gasteiger partial charge in [-0.1, -0.05) is 18.2 Å². The Balaban J connectivity index is 1.69. The number of aromatic amines is 1. The van der Waals surface area contributed by atoms with Crippen LogP contribution >= 0.6 is 0 Å². The second-order valence-corrected chi connectivity index (χ2v) is 5.40. The molecule has 0 bridgehead atoms. The van der Waals surface area contributed by atoms with Crippen LogP contribution in [0.25, 0.3) is 5.69 Å². The van der Waals surface area contributed by atoms with Crippen molar-refractivity contribution in [2.75, 3.05) is 5.32 Å². The molecule has 6 heteroatoms. The Morgan fingerprint density at radius 3 is 2.73 bits per heavy atom. The van der Waals surface area contributed by atoms with E-state index >= 15 is 0 Å². The maximum Gasteiger partial charge on any atom is 0.274 e. The van der Waals surface area contributed by atoms with E-state index in [0.717, 1.165) is 11.4 Å². The number of hydrogen-bond donors (Lipinski definition) is 2. The maximum atomic E-state index is 12.2. The quantitative estimate of drug-likeness (QED) is 0.776. The molecule has 1 saturated carbocycles. The fourth-order valence-corrected chi connectivity index (χ4v) is 2.40. The number of para-hydroxylation sites is 1. The van der Waals surface area contributed by atoms with Crippen LogP contribution in [0.2, 0.25) is 0 Å². The molecule has 1 amide bonds. The Morgan fingerprint density at radius 1 is 1.23 bits per heavy atom. The number of hydrogen-bond acceptors (Lipinski definition) is 3. The SMILES string of the molecule is O=C(Nc1cc(C2CC2)nn1-c1ccccc1)c1ccn[nH]1. The lowest BCUT2D eigenvalue weighted by atomic mass is 10.3. The molecule has 0 atom stereocenters. The zero-order chi connectivity index (χ0) is 14.9. The zero-order valence-corrected chi connectivity index (χ0v) is 11.9. The summed E-state index contributed by atoms with van der Waals surface area (Å²) in [5.74, 6) is 0.970. The number of rotatable bonds is 4. The number of carbonyl (C=O) groups excluding carboxylic acids is 1. The molecule has 2 heterocycles. The highest BCUT2D eigenvalue weighted by atomic mass is 16.2. The lowest BCUT2D eigenvalue weighted by Crippen LogP contribution is -2.15. The summed E-state index contributed by atoms with van der Waals surface area (Å²) >= 11 is 0. The summed E-state index contributed by atoms with van der Waals surface area (Å²) in [5.41, 5.74) is 2.38. The number of aromatic nitrogens is 4. The molecule has 4 rings (SSSR count). The van der Waals surface area contributed by atoms with Gasteiger partial charge in [0.15, 0.2) is 0 Å². The van der Waals surface area contributed by atoms with E-state index in [2.05, 4.69) is 20.6 Å². The van der Waals surface area contributed by atoms with Crippen molar-refractivity contribution in [2.45, 2.75) is 18.8 Å². The van der Waals surface area contributed by atoms with Crippen LogP contribution in [0.1, 0.15) is 34.9 Å². The van der Waals surface area contributed by atoms with E-state index in [0.29, 0.717) is 17.4 Å². The Hall–Kier alpha value is -2.89. The zero-order valence-electron chi connectivity index (χ0n) is 11.9. The van der Waals surface area contributed by atoms with Crippen LogP contribution in [0.5, 0.6) is 0 Å². The first-order valence-corrected chi connectivity index (χ1v) is 7.27. The van der Waals surface area contributed by atoms with Gasteiger partial charge in [0.1, 0.15) is 11.5 Å². The molecule has 1 aliphatic rings. The molecule has 0 aliphatic heterocycles. The van der Waals surface area contributed by atoms with Gasteiger partial charge in [0, 0.05) is 18.2 Å². The monoisotopic (exact) mass is 293 g/mol. The molecule has 1 fully saturated rings. The van der Waals surface area contributed by atoms with Crippen LogP contribution in [0.4, 0.5) is 5.82 Å². The third-order valence-electron chi connectivity index (χ3n) is 3.71. The van der Waals surface area contributed by atoms with Gasteiger partial charge in [0.05, 0.1) is 11.4 Å². The number of carbonyl (C=O) groups is 1. The lowest BCUT2D eigenvalue weighted by Gasteiger charge is -2.07. The number of nitrogens with zero attached hydrogens (tertiary/aromatic N) is 3. The minimum atomic E-state index is -0.225. The van der Waals surface area contributed by atoms with Crippen molar-refractivity contribution in [3.8, 4) is 5.69 Å². The average Bonchev–Trinajstić information content (AvgIpc) is 3.09. The molecule has 1 aliphatic carbocycles. The molecule has 0 radical (unpaired) electrons. The largest absolute Gasteiger partial charge is 0.305 e. The number of anilines is 1. The van der Waals surface area contributed by atoms with Crippen LogP contribution in [0.15, 0.2) is 48.7 Å².